The first-order valence-electron chi connectivity index (χ1n) is 8.72. The van der Waals surface area contributed by atoms with Crippen molar-refractivity contribution >= 4 is 5.91 Å². The monoisotopic (exact) mass is 341 g/mol. The molecule has 0 spiro atoms. The predicted octanol–water partition coefficient (Wildman–Crippen LogP) is 3.25. The number of hydrogen-bond acceptors (Lipinski definition) is 3. The molecule has 1 aliphatic rings. The maximum atomic E-state index is 13.1. The van der Waals surface area contributed by atoms with Crippen LogP contribution in [0.25, 0.3) is 0 Å². The standard InChI is InChI=1S/C20H24FN3O/c1-3-17(14-9-11-16(21)12-10-14)22-20(25)19-13(2)18(23-24-19)15-7-5-4-6-8-15/h4-13,17-19,23-24H,3H2,1-2H3,(H,22,25). The Morgan fingerprint density at radius 1 is 1.12 bits per heavy atom. The Balaban J connectivity index is 1.67. The summed E-state index contributed by atoms with van der Waals surface area (Å²) in [5, 5.41) is 3.08. The molecule has 2 aromatic carbocycles. The van der Waals surface area contributed by atoms with E-state index in [2.05, 4.69) is 35.2 Å². The zero-order valence-electron chi connectivity index (χ0n) is 14.5. The second-order valence-electron chi connectivity index (χ2n) is 6.53. The van der Waals surface area contributed by atoms with Crippen LogP contribution in [0.15, 0.2) is 54.6 Å². The fourth-order valence-electron chi connectivity index (χ4n) is 3.36. The van der Waals surface area contributed by atoms with Gasteiger partial charge in [-0.05, 0) is 29.7 Å². The van der Waals surface area contributed by atoms with Gasteiger partial charge in [0.1, 0.15) is 11.9 Å². The summed E-state index contributed by atoms with van der Waals surface area (Å²) in [4.78, 5) is 12.8. The Morgan fingerprint density at radius 2 is 1.80 bits per heavy atom. The van der Waals surface area contributed by atoms with E-state index in [1.54, 1.807) is 12.1 Å². The molecule has 25 heavy (non-hydrogen) atoms. The molecular formula is C20H24FN3O. The Labute approximate surface area is 147 Å². The SMILES string of the molecule is CCC(NC(=O)C1NNC(c2ccccc2)C1C)c1ccc(F)cc1. The molecule has 0 aliphatic carbocycles. The summed E-state index contributed by atoms with van der Waals surface area (Å²) >= 11 is 0. The lowest BCUT2D eigenvalue weighted by molar-refractivity contribution is -0.124. The maximum absolute atomic E-state index is 13.1. The Morgan fingerprint density at radius 3 is 2.44 bits per heavy atom. The summed E-state index contributed by atoms with van der Waals surface area (Å²) in [7, 11) is 0. The van der Waals surface area contributed by atoms with Crippen molar-refractivity contribution in [3.63, 3.8) is 0 Å². The Bertz CT molecular complexity index is 705. The molecule has 132 valence electrons. The van der Waals surface area contributed by atoms with E-state index < -0.39 is 0 Å². The van der Waals surface area contributed by atoms with Gasteiger partial charge in [-0.1, -0.05) is 56.3 Å². The van der Waals surface area contributed by atoms with Gasteiger partial charge in [0, 0.05) is 5.92 Å². The number of halogens is 1. The highest BCUT2D eigenvalue weighted by atomic mass is 19.1. The van der Waals surface area contributed by atoms with Crippen molar-refractivity contribution in [1.29, 1.82) is 0 Å². The smallest absolute Gasteiger partial charge is 0.239 e. The number of rotatable bonds is 5. The zero-order valence-corrected chi connectivity index (χ0v) is 14.5. The van der Waals surface area contributed by atoms with Crippen LogP contribution in [0.5, 0.6) is 0 Å². The van der Waals surface area contributed by atoms with Gasteiger partial charge < -0.3 is 5.32 Å². The molecule has 4 unspecified atom stereocenters. The summed E-state index contributed by atoms with van der Waals surface area (Å²) in [6.45, 7) is 4.07. The molecule has 4 nitrogen and oxygen atoms in total. The van der Waals surface area contributed by atoms with Crippen LogP contribution < -0.4 is 16.2 Å². The first-order valence-corrected chi connectivity index (χ1v) is 8.72. The minimum atomic E-state index is -0.320. The van der Waals surface area contributed by atoms with Crippen molar-refractivity contribution in [2.24, 2.45) is 5.92 Å². The molecule has 3 N–H and O–H groups in total. The molecule has 0 aromatic heterocycles. The maximum Gasteiger partial charge on any atom is 0.239 e. The van der Waals surface area contributed by atoms with Gasteiger partial charge in [-0.2, -0.15) is 0 Å². The fraction of sp³-hybridized carbons (Fsp3) is 0.350. The van der Waals surface area contributed by atoms with Crippen LogP contribution in [-0.2, 0) is 4.79 Å². The molecule has 1 aliphatic heterocycles. The average Bonchev–Trinajstić information content (AvgIpc) is 3.02. The minimum absolute atomic E-state index is 0.0467. The molecule has 1 fully saturated rings. The first-order chi connectivity index (χ1) is 12.1. The number of amides is 1. The molecule has 2 aromatic rings. The van der Waals surface area contributed by atoms with Gasteiger partial charge in [0.2, 0.25) is 5.91 Å². The lowest BCUT2D eigenvalue weighted by Gasteiger charge is -2.22. The van der Waals surface area contributed by atoms with E-state index in [1.807, 2.05) is 25.1 Å². The summed E-state index contributed by atoms with van der Waals surface area (Å²) < 4.78 is 13.1. The molecule has 1 heterocycles. The van der Waals surface area contributed by atoms with E-state index in [0.717, 1.165) is 17.5 Å². The van der Waals surface area contributed by atoms with Crippen LogP contribution >= 0.6 is 0 Å². The van der Waals surface area contributed by atoms with Crippen molar-refractivity contribution in [3.05, 3.63) is 71.5 Å². The van der Waals surface area contributed by atoms with Gasteiger partial charge in [0.25, 0.3) is 0 Å². The van der Waals surface area contributed by atoms with Gasteiger partial charge in [0.05, 0.1) is 12.1 Å². The van der Waals surface area contributed by atoms with Gasteiger partial charge in [0.15, 0.2) is 0 Å². The molecule has 3 rings (SSSR count). The van der Waals surface area contributed by atoms with Crippen LogP contribution in [-0.4, -0.2) is 11.9 Å². The van der Waals surface area contributed by atoms with Crippen molar-refractivity contribution in [3.8, 4) is 0 Å². The van der Waals surface area contributed by atoms with Crippen LogP contribution in [0.3, 0.4) is 0 Å². The van der Waals surface area contributed by atoms with Gasteiger partial charge >= 0.3 is 0 Å². The second-order valence-corrected chi connectivity index (χ2v) is 6.53. The lowest BCUT2D eigenvalue weighted by Crippen LogP contribution is -2.46. The van der Waals surface area contributed by atoms with E-state index in [4.69, 9.17) is 0 Å². The largest absolute Gasteiger partial charge is 0.348 e. The summed E-state index contributed by atoms with van der Waals surface area (Å²) in [6.07, 6.45) is 0.744. The van der Waals surface area contributed by atoms with E-state index >= 15 is 0 Å². The number of nitrogens with one attached hydrogen (secondary N) is 3. The zero-order chi connectivity index (χ0) is 17.8. The molecule has 1 amide bonds. The summed E-state index contributed by atoms with van der Waals surface area (Å²) in [5.74, 6) is -0.214. The number of carbonyl (C=O) groups excluding carboxylic acids is 1. The third kappa shape index (κ3) is 3.89. The van der Waals surface area contributed by atoms with E-state index in [-0.39, 0.29) is 35.8 Å². The Hall–Kier alpha value is -2.24. The fourth-order valence-corrected chi connectivity index (χ4v) is 3.36. The molecule has 1 saturated heterocycles. The minimum Gasteiger partial charge on any atom is -0.348 e. The molecule has 5 heteroatoms. The van der Waals surface area contributed by atoms with Gasteiger partial charge in [-0.3, -0.25) is 4.79 Å². The normalized spacial score (nSPS) is 24.0. The third-order valence-electron chi connectivity index (χ3n) is 4.88. The highest BCUT2D eigenvalue weighted by molar-refractivity contribution is 5.83. The van der Waals surface area contributed by atoms with Crippen LogP contribution in [0, 0.1) is 11.7 Å². The highest BCUT2D eigenvalue weighted by Crippen LogP contribution is 2.29. The van der Waals surface area contributed by atoms with Gasteiger partial charge in [-0.25, -0.2) is 15.2 Å². The molecule has 4 atom stereocenters. The van der Waals surface area contributed by atoms with Crippen molar-refractivity contribution in [2.75, 3.05) is 0 Å². The van der Waals surface area contributed by atoms with Crippen molar-refractivity contribution in [1.82, 2.24) is 16.2 Å². The van der Waals surface area contributed by atoms with E-state index in [9.17, 15) is 9.18 Å². The van der Waals surface area contributed by atoms with Crippen LogP contribution in [0.1, 0.15) is 43.5 Å². The number of hydrazine groups is 1. The summed E-state index contributed by atoms with van der Waals surface area (Å²) in [6, 6.07) is 16.0. The lowest BCUT2D eigenvalue weighted by atomic mass is 9.90. The van der Waals surface area contributed by atoms with Crippen molar-refractivity contribution < 1.29 is 9.18 Å². The van der Waals surface area contributed by atoms with Crippen LogP contribution in [0.2, 0.25) is 0 Å². The number of hydrogen-bond donors (Lipinski definition) is 3. The van der Waals surface area contributed by atoms with E-state index in [0.29, 0.717) is 0 Å². The Kier molecular flexibility index (Phi) is 5.46. The van der Waals surface area contributed by atoms with E-state index in [1.165, 1.54) is 12.1 Å². The first kappa shape index (κ1) is 17.6. The quantitative estimate of drug-likeness (QED) is 0.782. The average molecular weight is 341 g/mol. The molecular weight excluding hydrogens is 317 g/mol. The number of benzene rings is 2. The second kappa shape index (κ2) is 7.76. The topological polar surface area (TPSA) is 53.2 Å². The highest BCUT2D eigenvalue weighted by Gasteiger charge is 2.38. The van der Waals surface area contributed by atoms with Gasteiger partial charge in [-0.15, -0.1) is 0 Å². The van der Waals surface area contributed by atoms with Crippen LogP contribution in [0.4, 0.5) is 4.39 Å². The van der Waals surface area contributed by atoms with Crippen molar-refractivity contribution in [2.45, 2.75) is 38.4 Å². The predicted molar refractivity (Wildman–Crippen MR) is 96.0 cm³/mol. The summed E-state index contributed by atoms with van der Waals surface area (Å²) in [5.41, 5.74) is 8.42. The number of carbonyl (C=O) groups is 1. The molecule has 0 saturated carbocycles. The molecule has 0 radical (unpaired) electrons. The third-order valence-corrected chi connectivity index (χ3v) is 4.88. The molecule has 0 bridgehead atoms.